The van der Waals surface area contributed by atoms with Gasteiger partial charge in [0.1, 0.15) is 23.6 Å². The molecule has 196 valence electrons. The van der Waals surface area contributed by atoms with Crippen LogP contribution in [-0.4, -0.2) is 15.1 Å². The lowest BCUT2D eigenvalue weighted by molar-refractivity contribution is -0.137. The molecule has 5 rings (SSSR count). The highest BCUT2D eigenvalue weighted by Crippen LogP contribution is 2.36. The Morgan fingerprint density at radius 2 is 1.41 bits per heavy atom. The van der Waals surface area contributed by atoms with E-state index in [0.717, 1.165) is 17.5 Å². The molecule has 11 heteroatoms. The Morgan fingerprint density at radius 1 is 0.769 bits per heavy atom. The average Bonchev–Trinajstić information content (AvgIpc) is 2.91. The smallest absolute Gasteiger partial charge is 0.417 e. The summed E-state index contributed by atoms with van der Waals surface area (Å²) < 4.78 is 45.4. The molecule has 6 nitrogen and oxygen atoms in total. The maximum absolute atomic E-state index is 13.2. The number of hydrogen-bond acceptors (Lipinski definition) is 5. The molecule has 0 fully saturated rings. The Hall–Kier alpha value is -4.41. The van der Waals surface area contributed by atoms with Crippen molar-refractivity contribution in [3.8, 4) is 11.5 Å². The summed E-state index contributed by atoms with van der Waals surface area (Å²) in [5.74, 6) is 1.99. The SMILES string of the molecule is FC(F)(F)c1cc(NC(=S)Nc2ccc3ncnc(Nc4ccc(Oc5ccccc5)cc4)c3c2)ccc1Cl. The molecule has 0 saturated heterocycles. The van der Waals surface area contributed by atoms with Crippen molar-refractivity contribution in [2.45, 2.75) is 6.18 Å². The van der Waals surface area contributed by atoms with E-state index in [4.69, 9.17) is 28.6 Å². The van der Waals surface area contributed by atoms with Crippen LogP contribution < -0.4 is 20.7 Å². The molecule has 0 unspecified atom stereocenters. The highest BCUT2D eigenvalue weighted by Gasteiger charge is 2.33. The van der Waals surface area contributed by atoms with Crippen LogP contribution in [0.15, 0.2) is 97.3 Å². The molecule has 1 heterocycles. The highest BCUT2D eigenvalue weighted by atomic mass is 35.5. The van der Waals surface area contributed by atoms with Crippen molar-refractivity contribution in [3.05, 3.63) is 108 Å². The van der Waals surface area contributed by atoms with Gasteiger partial charge in [-0.25, -0.2) is 9.97 Å². The van der Waals surface area contributed by atoms with Crippen molar-refractivity contribution in [2.24, 2.45) is 0 Å². The molecular formula is C28H19ClF3N5OS. The van der Waals surface area contributed by atoms with Gasteiger partial charge >= 0.3 is 6.18 Å². The molecule has 0 aliphatic rings. The molecule has 0 radical (unpaired) electrons. The van der Waals surface area contributed by atoms with Gasteiger partial charge in [0.05, 0.1) is 16.1 Å². The van der Waals surface area contributed by atoms with E-state index in [1.165, 1.54) is 18.5 Å². The quantitative estimate of drug-likeness (QED) is 0.178. The van der Waals surface area contributed by atoms with Crippen LogP contribution >= 0.6 is 23.8 Å². The third-order valence-corrected chi connectivity index (χ3v) is 6.05. The fourth-order valence-electron chi connectivity index (χ4n) is 3.72. The van der Waals surface area contributed by atoms with Gasteiger partial charge < -0.3 is 20.7 Å². The predicted octanol–water partition coefficient (Wildman–Crippen LogP) is 8.65. The van der Waals surface area contributed by atoms with Gasteiger partial charge in [0.25, 0.3) is 0 Å². The van der Waals surface area contributed by atoms with Crippen molar-refractivity contribution in [2.75, 3.05) is 16.0 Å². The summed E-state index contributed by atoms with van der Waals surface area (Å²) in [4.78, 5) is 8.68. The van der Waals surface area contributed by atoms with Crippen LogP contribution in [0.5, 0.6) is 11.5 Å². The summed E-state index contributed by atoms with van der Waals surface area (Å²) in [6, 6.07) is 25.7. The molecule has 0 aliphatic carbocycles. The average molecular weight is 566 g/mol. The lowest BCUT2D eigenvalue weighted by Crippen LogP contribution is -2.19. The van der Waals surface area contributed by atoms with Gasteiger partial charge in [0.15, 0.2) is 5.11 Å². The van der Waals surface area contributed by atoms with Gasteiger partial charge in [-0.2, -0.15) is 13.2 Å². The van der Waals surface area contributed by atoms with Crippen molar-refractivity contribution in [3.63, 3.8) is 0 Å². The Labute approximate surface area is 231 Å². The molecule has 39 heavy (non-hydrogen) atoms. The first-order valence-corrected chi connectivity index (χ1v) is 12.3. The van der Waals surface area contributed by atoms with Crippen molar-refractivity contribution in [1.82, 2.24) is 9.97 Å². The molecule has 0 saturated carbocycles. The van der Waals surface area contributed by atoms with E-state index in [9.17, 15) is 13.2 Å². The summed E-state index contributed by atoms with van der Waals surface area (Å²) in [5, 5.41) is 9.45. The summed E-state index contributed by atoms with van der Waals surface area (Å²) in [6.07, 6.45) is -3.13. The molecule has 0 amide bonds. The number of anilines is 4. The van der Waals surface area contributed by atoms with E-state index in [1.54, 1.807) is 18.2 Å². The van der Waals surface area contributed by atoms with Gasteiger partial charge in [-0.15, -0.1) is 0 Å². The van der Waals surface area contributed by atoms with Crippen LogP contribution in [0.4, 0.5) is 36.1 Å². The molecule has 0 spiro atoms. The zero-order chi connectivity index (χ0) is 27.4. The van der Waals surface area contributed by atoms with Crippen LogP contribution in [0, 0.1) is 0 Å². The first-order chi connectivity index (χ1) is 18.7. The Bertz CT molecular complexity index is 1630. The number of rotatable bonds is 6. The molecule has 0 aliphatic heterocycles. The van der Waals surface area contributed by atoms with E-state index < -0.39 is 11.7 Å². The number of hydrogen-bond donors (Lipinski definition) is 3. The number of fused-ring (bicyclic) bond motifs is 1. The van der Waals surface area contributed by atoms with Crippen molar-refractivity contribution in [1.29, 1.82) is 0 Å². The third-order valence-electron chi connectivity index (χ3n) is 5.52. The number of halogens is 4. The molecule has 1 aromatic heterocycles. The summed E-state index contributed by atoms with van der Waals surface area (Å²) in [5.41, 5.74) is 1.27. The molecular weight excluding hydrogens is 547 g/mol. The predicted molar refractivity (Wildman–Crippen MR) is 152 cm³/mol. The second-order valence-corrected chi connectivity index (χ2v) is 9.11. The first-order valence-electron chi connectivity index (χ1n) is 11.5. The Balaban J connectivity index is 1.30. The van der Waals surface area contributed by atoms with E-state index in [-0.39, 0.29) is 15.8 Å². The number of alkyl halides is 3. The Morgan fingerprint density at radius 3 is 2.13 bits per heavy atom. The van der Waals surface area contributed by atoms with Gasteiger partial charge in [0.2, 0.25) is 0 Å². The lowest BCUT2D eigenvalue weighted by atomic mass is 10.2. The number of aromatic nitrogens is 2. The first kappa shape index (κ1) is 26.2. The largest absolute Gasteiger partial charge is 0.457 e. The van der Waals surface area contributed by atoms with E-state index in [0.29, 0.717) is 28.2 Å². The topological polar surface area (TPSA) is 71.1 Å². The van der Waals surface area contributed by atoms with Crippen LogP contribution in [0.1, 0.15) is 5.56 Å². The number of thiocarbonyl (C=S) groups is 1. The highest BCUT2D eigenvalue weighted by molar-refractivity contribution is 7.80. The number of ether oxygens (including phenoxy) is 1. The number of para-hydroxylation sites is 1. The maximum Gasteiger partial charge on any atom is 0.417 e. The zero-order valence-electron chi connectivity index (χ0n) is 20.0. The summed E-state index contributed by atoms with van der Waals surface area (Å²) in [7, 11) is 0. The zero-order valence-corrected chi connectivity index (χ0v) is 21.5. The summed E-state index contributed by atoms with van der Waals surface area (Å²) in [6.45, 7) is 0. The fourth-order valence-corrected chi connectivity index (χ4v) is 4.18. The van der Waals surface area contributed by atoms with Gasteiger partial charge in [-0.05, 0) is 85.0 Å². The second-order valence-electron chi connectivity index (χ2n) is 8.29. The fraction of sp³-hybridized carbons (Fsp3) is 0.0357. The van der Waals surface area contributed by atoms with Crippen LogP contribution in [0.25, 0.3) is 10.9 Å². The van der Waals surface area contributed by atoms with E-state index in [1.807, 2.05) is 54.6 Å². The minimum Gasteiger partial charge on any atom is -0.457 e. The van der Waals surface area contributed by atoms with Crippen molar-refractivity contribution >= 4 is 62.7 Å². The number of benzene rings is 4. The second kappa shape index (κ2) is 11.1. The maximum atomic E-state index is 13.2. The van der Waals surface area contributed by atoms with Crippen LogP contribution in [-0.2, 0) is 6.18 Å². The lowest BCUT2D eigenvalue weighted by Gasteiger charge is -2.15. The molecule has 4 aromatic carbocycles. The summed E-state index contributed by atoms with van der Waals surface area (Å²) >= 11 is 11.0. The Kier molecular flexibility index (Phi) is 7.49. The number of nitrogens with one attached hydrogen (secondary N) is 3. The molecule has 0 atom stereocenters. The molecule has 0 bridgehead atoms. The van der Waals surface area contributed by atoms with E-state index >= 15 is 0 Å². The van der Waals surface area contributed by atoms with Crippen LogP contribution in [0.3, 0.4) is 0 Å². The molecule has 3 N–H and O–H groups in total. The van der Waals surface area contributed by atoms with Gasteiger partial charge in [-0.1, -0.05) is 29.8 Å². The standard InChI is InChI=1S/C28H19ClF3N5OS/c29-24-12-8-19(15-23(24)28(30,31)32)37-27(39)36-18-9-13-25-22(14-18)26(34-16-33-25)35-17-6-10-21(11-7-17)38-20-4-2-1-3-5-20/h1-16H,(H,33,34,35)(H2,36,37,39). The molecule has 5 aromatic rings. The van der Waals surface area contributed by atoms with Crippen LogP contribution in [0.2, 0.25) is 5.02 Å². The number of nitrogens with zero attached hydrogens (tertiary/aromatic N) is 2. The van der Waals surface area contributed by atoms with Gasteiger partial charge in [-0.3, -0.25) is 0 Å². The third kappa shape index (κ3) is 6.54. The van der Waals surface area contributed by atoms with Crippen molar-refractivity contribution < 1.29 is 17.9 Å². The minimum atomic E-state index is -4.58. The minimum absolute atomic E-state index is 0.102. The van der Waals surface area contributed by atoms with Gasteiger partial charge in [0, 0.05) is 22.4 Å². The normalized spacial score (nSPS) is 11.2. The van der Waals surface area contributed by atoms with E-state index in [2.05, 4.69) is 25.9 Å². The monoisotopic (exact) mass is 565 g/mol.